The number of esters is 1. The van der Waals surface area contributed by atoms with Crippen LogP contribution in [-0.4, -0.2) is 77.7 Å². The minimum Gasteiger partial charge on any atom is -0.462 e. The summed E-state index contributed by atoms with van der Waals surface area (Å²) >= 11 is 0. The fraction of sp³-hybridized carbons (Fsp3) is 0.708. The number of aryl methyl sites for hydroxylation is 2. The summed E-state index contributed by atoms with van der Waals surface area (Å²) in [7, 11) is 0. The smallest absolute Gasteiger partial charge is 0.342 e. The van der Waals surface area contributed by atoms with Gasteiger partial charge in [0.2, 0.25) is 5.71 Å². The van der Waals surface area contributed by atoms with Crippen molar-refractivity contribution in [2.24, 2.45) is 0 Å². The summed E-state index contributed by atoms with van der Waals surface area (Å²) in [6, 6.07) is 0.785. The lowest BCUT2D eigenvalue weighted by Crippen LogP contribution is -2.46. The minimum atomic E-state index is -0.393. The Labute approximate surface area is 190 Å². The van der Waals surface area contributed by atoms with Gasteiger partial charge in [-0.05, 0) is 85.6 Å². The zero-order valence-electron chi connectivity index (χ0n) is 19.8. The van der Waals surface area contributed by atoms with Crippen molar-refractivity contribution in [3.8, 4) is 0 Å². The number of rotatable bonds is 8. The second-order valence-corrected chi connectivity index (χ2v) is 9.00. The van der Waals surface area contributed by atoms with Crippen molar-refractivity contribution in [3.05, 3.63) is 17.1 Å². The standard InChI is InChI=1S/C24H37N5O3/c1-4-31-24(30)20-17(2)32-23-21(20)22(26-18(3)27-23)25-11-8-12-28-15-9-19(10-16-28)29-13-6-5-7-14-29/h19H,4-16H2,1-3H3,(H,25,26,27). The van der Waals surface area contributed by atoms with Crippen LogP contribution in [0.3, 0.4) is 0 Å². The van der Waals surface area contributed by atoms with Crippen LogP contribution in [0.4, 0.5) is 5.82 Å². The van der Waals surface area contributed by atoms with Crippen LogP contribution in [0.5, 0.6) is 0 Å². The monoisotopic (exact) mass is 443 g/mol. The summed E-state index contributed by atoms with van der Waals surface area (Å²) in [5, 5.41) is 4.04. The van der Waals surface area contributed by atoms with Crippen LogP contribution in [0.2, 0.25) is 0 Å². The van der Waals surface area contributed by atoms with Crippen LogP contribution in [0, 0.1) is 13.8 Å². The van der Waals surface area contributed by atoms with Crippen LogP contribution in [0.15, 0.2) is 4.42 Å². The number of carbonyl (C=O) groups excluding carboxylic acids is 1. The van der Waals surface area contributed by atoms with Gasteiger partial charge in [-0.2, -0.15) is 4.98 Å². The molecule has 0 aromatic carbocycles. The molecule has 176 valence electrons. The Balaban J connectivity index is 1.31. The summed E-state index contributed by atoms with van der Waals surface area (Å²) < 4.78 is 11.0. The van der Waals surface area contributed by atoms with Gasteiger partial charge in [-0.25, -0.2) is 9.78 Å². The number of hydrogen-bond donors (Lipinski definition) is 1. The van der Waals surface area contributed by atoms with Gasteiger partial charge in [0.05, 0.1) is 12.0 Å². The van der Waals surface area contributed by atoms with Crippen LogP contribution in [0.1, 0.15) is 67.4 Å². The molecule has 0 radical (unpaired) electrons. The van der Waals surface area contributed by atoms with Gasteiger partial charge in [-0.3, -0.25) is 0 Å². The van der Waals surface area contributed by atoms with Gasteiger partial charge < -0.3 is 24.3 Å². The molecule has 0 amide bonds. The number of hydrogen-bond acceptors (Lipinski definition) is 8. The van der Waals surface area contributed by atoms with E-state index in [1.165, 1.54) is 58.3 Å². The Morgan fingerprint density at radius 2 is 1.88 bits per heavy atom. The van der Waals surface area contributed by atoms with E-state index >= 15 is 0 Å². The maximum absolute atomic E-state index is 12.5. The highest BCUT2D eigenvalue weighted by Crippen LogP contribution is 2.30. The molecule has 0 unspecified atom stereocenters. The molecule has 2 aromatic rings. The first kappa shape index (κ1) is 23.0. The molecule has 8 heteroatoms. The largest absolute Gasteiger partial charge is 0.462 e. The third-order valence-electron chi connectivity index (χ3n) is 6.73. The maximum Gasteiger partial charge on any atom is 0.342 e. The van der Waals surface area contributed by atoms with Crippen molar-refractivity contribution in [3.63, 3.8) is 0 Å². The maximum atomic E-state index is 12.5. The molecule has 2 aliphatic heterocycles. The summed E-state index contributed by atoms with van der Waals surface area (Å²) in [6.45, 7) is 12.5. The van der Waals surface area contributed by atoms with E-state index in [0.717, 1.165) is 25.6 Å². The lowest BCUT2D eigenvalue weighted by molar-refractivity contribution is 0.0526. The lowest BCUT2D eigenvalue weighted by atomic mass is 10.00. The van der Waals surface area contributed by atoms with E-state index in [9.17, 15) is 4.79 Å². The zero-order valence-corrected chi connectivity index (χ0v) is 19.8. The molecule has 8 nitrogen and oxygen atoms in total. The van der Waals surface area contributed by atoms with Crippen molar-refractivity contribution in [2.75, 3.05) is 51.2 Å². The number of nitrogens with one attached hydrogen (secondary N) is 1. The quantitative estimate of drug-likeness (QED) is 0.488. The Morgan fingerprint density at radius 1 is 1.12 bits per heavy atom. The topological polar surface area (TPSA) is 83.7 Å². The Morgan fingerprint density at radius 3 is 2.59 bits per heavy atom. The second-order valence-electron chi connectivity index (χ2n) is 9.00. The second kappa shape index (κ2) is 10.6. The van der Waals surface area contributed by atoms with Gasteiger partial charge in [0.1, 0.15) is 23.0 Å². The first-order valence-electron chi connectivity index (χ1n) is 12.2. The molecule has 4 heterocycles. The predicted molar refractivity (Wildman–Crippen MR) is 125 cm³/mol. The number of furan rings is 1. The number of ether oxygens (including phenoxy) is 1. The molecule has 32 heavy (non-hydrogen) atoms. The van der Waals surface area contributed by atoms with E-state index in [2.05, 4.69) is 25.1 Å². The van der Waals surface area contributed by atoms with Crippen molar-refractivity contribution >= 4 is 22.9 Å². The molecular formula is C24H37N5O3. The molecule has 0 bridgehead atoms. The highest BCUT2D eigenvalue weighted by molar-refractivity contribution is 6.07. The number of likely N-dealkylation sites (tertiary alicyclic amines) is 2. The van der Waals surface area contributed by atoms with Gasteiger partial charge in [-0.1, -0.05) is 6.42 Å². The van der Waals surface area contributed by atoms with Crippen LogP contribution in [0.25, 0.3) is 11.1 Å². The number of carbonyl (C=O) groups is 1. The minimum absolute atomic E-state index is 0.314. The SMILES string of the molecule is CCOC(=O)c1c(C)oc2nc(C)nc(NCCCN3CCC(N4CCCCC4)CC3)c12. The van der Waals surface area contributed by atoms with Gasteiger partial charge >= 0.3 is 5.97 Å². The van der Waals surface area contributed by atoms with Crippen molar-refractivity contribution < 1.29 is 13.9 Å². The van der Waals surface area contributed by atoms with Gasteiger partial charge in [-0.15, -0.1) is 0 Å². The fourth-order valence-electron chi connectivity index (χ4n) is 5.10. The fourth-order valence-corrected chi connectivity index (χ4v) is 5.10. The Hall–Kier alpha value is -2.19. The van der Waals surface area contributed by atoms with Crippen molar-refractivity contribution in [2.45, 2.75) is 65.3 Å². The average Bonchev–Trinajstić information content (AvgIpc) is 3.13. The van der Waals surface area contributed by atoms with E-state index in [0.29, 0.717) is 40.7 Å². The van der Waals surface area contributed by atoms with Crippen LogP contribution in [-0.2, 0) is 4.74 Å². The molecular weight excluding hydrogens is 406 g/mol. The van der Waals surface area contributed by atoms with Gasteiger partial charge in [0.25, 0.3) is 0 Å². The molecule has 0 aliphatic carbocycles. The van der Waals surface area contributed by atoms with E-state index in [4.69, 9.17) is 9.15 Å². The van der Waals surface area contributed by atoms with Crippen molar-refractivity contribution in [1.29, 1.82) is 0 Å². The highest BCUT2D eigenvalue weighted by atomic mass is 16.5. The number of nitrogens with zero attached hydrogens (tertiary/aromatic N) is 4. The first-order valence-corrected chi connectivity index (χ1v) is 12.2. The first-order chi connectivity index (χ1) is 15.6. The number of aromatic nitrogens is 2. The summed E-state index contributed by atoms with van der Waals surface area (Å²) in [6.07, 6.45) is 7.74. The molecule has 0 spiro atoms. The van der Waals surface area contributed by atoms with E-state index in [1.54, 1.807) is 13.8 Å². The molecule has 2 fully saturated rings. The van der Waals surface area contributed by atoms with E-state index in [1.807, 2.05) is 6.92 Å². The summed E-state index contributed by atoms with van der Waals surface area (Å²) in [5.74, 6) is 1.38. The summed E-state index contributed by atoms with van der Waals surface area (Å²) in [5.41, 5.74) is 0.851. The number of fused-ring (bicyclic) bond motifs is 1. The molecule has 0 atom stereocenters. The highest BCUT2D eigenvalue weighted by Gasteiger charge is 2.26. The average molecular weight is 444 g/mol. The molecule has 4 rings (SSSR count). The summed E-state index contributed by atoms with van der Waals surface area (Å²) in [4.78, 5) is 26.7. The molecule has 0 saturated carbocycles. The van der Waals surface area contributed by atoms with Crippen molar-refractivity contribution in [1.82, 2.24) is 19.8 Å². The van der Waals surface area contributed by atoms with Gasteiger partial charge in [0.15, 0.2) is 0 Å². The molecule has 2 aromatic heterocycles. The van der Waals surface area contributed by atoms with E-state index < -0.39 is 5.97 Å². The third-order valence-corrected chi connectivity index (χ3v) is 6.73. The van der Waals surface area contributed by atoms with E-state index in [-0.39, 0.29) is 0 Å². The molecule has 2 saturated heterocycles. The van der Waals surface area contributed by atoms with Crippen LogP contribution >= 0.6 is 0 Å². The Kier molecular flexibility index (Phi) is 7.63. The zero-order chi connectivity index (χ0) is 22.5. The van der Waals surface area contributed by atoms with Crippen LogP contribution < -0.4 is 5.32 Å². The van der Waals surface area contributed by atoms with Gasteiger partial charge in [0, 0.05) is 12.6 Å². The lowest BCUT2D eigenvalue weighted by Gasteiger charge is -2.40. The molecule has 2 aliphatic rings. The normalized spacial score (nSPS) is 18.8. The predicted octanol–water partition coefficient (Wildman–Crippen LogP) is 3.77. The third kappa shape index (κ3) is 5.23. The number of piperidine rings is 2. The Bertz CT molecular complexity index is 914. The number of anilines is 1. The molecule has 1 N–H and O–H groups in total.